The number of anilines is 2. The standard InChI is InChI=1S/C17H20N4O3/c1-24-15-11-12(16(22)23)3-4-14(15)21-9-5-13(6-10-21)20-17-18-7-2-8-19-17/h2-4,7-8,11,13H,5-6,9-10H2,1H3,(H,22,23)(H,18,19,20). The number of aromatic carboxylic acids is 1. The van der Waals surface area contributed by atoms with Crippen LogP contribution in [0.5, 0.6) is 5.75 Å². The van der Waals surface area contributed by atoms with E-state index in [2.05, 4.69) is 20.2 Å². The molecule has 1 aliphatic heterocycles. The van der Waals surface area contributed by atoms with E-state index in [0.717, 1.165) is 31.6 Å². The highest BCUT2D eigenvalue weighted by atomic mass is 16.5. The summed E-state index contributed by atoms with van der Waals surface area (Å²) in [6, 6.07) is 7.12. The van der Waals surface area contributed by atoms with E-state index < -0.39 is 5.97 Å². The summed E-state index contributed by atoms with van der Waals surface area (Å²) < 4.78 is 5.37. The molecule has 24 heavy (non-hydrogen) atoms. The van der Waals surface area contributed by atoms with Crippen LogP contribution in [0, 0.1) is 0 Å². The number of rotatable bonds is 5. The first-order chi connectivity index (χ1) is 11.7. The van der Waals surface area contributed by atoms with Crippen LogP contribution in [0.25, 0.3) is 0 Å². The second-order valence-electron chi connectivity index (χ2n) is 5.67. The molecule has 7 nitrogen and oxygen atoms in total. The summed E-state index contributed by atoms with van der Waals surface area (Å²) in [4.78, 5) is 21.7. The van der Waals surface area contributed by atoms with Crippen LogP contribution in [0.4, 0.5) is 11.6 Å². The first-order valence-electron chi connectivity index (χ1n) is 7.87. The van der Waals surface area contributed by atoms with Gasteiger partial charge in [-0.1, -0.05) is 0 Å². The normalized spacial score (nSPS) is 15.1. The van der Waals surface area contributed by atoms with Crippen molar-refractivity contribution in [1.82, 2.24) is 9.97 Å². The summed E-state index contributed by atoms with van der Waals surface area (Å²) in [6.45, 7) is 1.71. The lowest BCUT2D eigenvalue weighted by molar-refractivity contribution is 0.0696. The van der Waals surface area contributed by atoms with Gasteiger partial charge in [0.1, 0.15) is 5.75 Å². The van der Waals surface area contributed by atoms with Crippen LogP contribution in [0.1, 0.15) is 23.2 Å². The minimum Gasteiger partial charge on any atom is -0.495 e. The van der Waals surface area contributed by atoms with E-state index in [1.54, 1.807) is 37.7 Å². The van der Waals surface area contributed by atoms with Gasteiger partial charge in [0.25, 0.3) is 0 Å². The second-order valence-corrected chi connectivity index (χ2v) is 5.67. The number of methoxy groups -OCH3 is 1. The third-order valence-electron chi connectivity index (χ3n) is 4.16. The number of hydrogen-bond donors (Lipinski definition) is 2. The van der Waals surface area contributed by atoms with Gasteiger partial charge in [0.05, 0.1) is 18.4 Å². The molecule has 0 amide bonds. The van der Waals surface area contributed by atoms with Gasteiger partial charge in [0, 0.05) is 31.5 Å². The van der Waals surface area contributed by atoms with Gasteiger partial charge in [-0.2, -0.15) is 0 Å². The molecule has 0 atom stereocenters. The maximum atomic E-state index is 11.1. The number of carboxylic acid groups (broad SMARTS) is 1. The van der Waals surface area contributed by atoms with Gasteiger partial charge < -0.3 is 20.1 Å². The van der Waals surface area contributed by atoms with Gasteiger partial charge in [-0.3, -0.25) is 0 Å². The lowest BCUT2D eigenvalue weighted by Gasteiger charge is -2.34. The van der Waals surface area contributed by atoms with Crippen LogP contribution in [-0.4, -0.2) is 47.3 Å². The summed E-state index contributed by atoms with van der Waals surface area (Å²) in [5.41, 5.74) is 1.16. The van der Waals surface area contributed by atoms with Crippen molar-refractivity contribution in [2.75, 3.05) is 30.4 Å². The molecule has 3 rings (SSSR count). The number of piperidine rings is 1. The molecule has 0 bridgehead atoms. The molecule has 1 saturated heterocycles. The van der Waals surface area contributed by atoms with Crippen molar-refractivity contribution in [3.05, 3.63) is 42.2 Å². The van der Waals surface area contributed by atoms with E-state index >= 15 is 0 Å². The molecule has 2 aromatic rings. The molecule has 2 heterocycles. The molecule has 0 radical (unpaired) electrons. The Kier molecular flexibility index (Phi) is 4.79. The molecule has 7 heteroatoms. The number of ether oxygens (including phenoxy) is 1. The van der Waals surface area contributed by atoms with Crippen LogP contribution in [0.2, 0.25) is 0 Å². The topological polar surface area (TPSA) is 87.6 Å². The van der Waals surface area contributed by atoms with Crippen molar-refractivity contribution >= 4 is 17.6 Å². The Morgan fingerprint density at radius 1 is 1.29 bits per heavy atom. The van der Waals surface area contributed by atoms with Crippen molar-refractivity contribution in [3.8, 4) is 5.75 Å². The quantitative estimate of drug-likeness (QED) is 0.870. The summed E-state index contributed by atoms with van der Waals surface area (Å²) in [7, 11) is 1.56. The molecular formula is C17H20N4O3. The minimum atomic E-state index is -0.953. The largest absolute Gasteiger partial charge is 0.495 e. The predicted octanol–water partition coefficient (Wildman–Crippen LogP) is 2.26. The lowest BCUT2D eigenvalue weighted by atomic mass is 10.0. The molecule has 126 valence electrons. The Labute approximate surface area is 140 Å². The summed E-state index contributed by atoms with van der Waals surface area (Å²) >= 11 is 0. The number of carbonyl (C=O) groups is 1. The predicted molar refractivity (Wildman–Crippen MR) is 90.8 cm³/mol. The minimum absolute atomic E-state index is 0.230. The molecule has 0 saturated carbocycles. The summed E-state index contributed by atoms with van der Waals surface area (Å²) in [5.74, 6) is 0.290. The zero-order chi connectivity index (χ0) is 16.9. The Hall–Kier alpha value is -2.83. The van der Waals surface area contributed by atoms with E-state index in [1.807, 2.05) is 6.07 Å². The summed E-state index contributed by atoms with van der Waals surface area (Å²) in [5, 5.41) is 12.4. The number of carboxylic acids is 1. The van der Waals surface area contributed by atoms with Crippen molar-refractivity contribution in [2.24, 2.45) is 0 Å². The van der Waals surface area contributed by atoms with Gasteiger partial charge in [0.15, 0.2) is 0 Å². The lowest BCUT2D eigenvalue weighted by Crippen LogP contribution is -2.39. The Balaban J connectivity index is 1.65. The highest BCUT2D eigenvalue weighted by Crippen LogP contribution is 2.31. The van der Waals surface area contributed by atoms with Gasteiger partial charge >= 0.3 is 5.97 Å². The highest BCUT2D eigenvalue weighted by molar-refractivity contribution is 5.89. The Morgan fingerprint density at radius 2 is 2.00 bits per heavy atom. The van der Waals surface area contributed by atoms with Gasteiger partial charge in [-0.25, -0.2) is 14.8 Å². The molecule has 1 aromatic carbocycles. The number of nitrogens with zero attached hydrogens (tertiary/aromatic N) is 3. The van der Waals surface area contributed by atoms with E-state index in [9.17, 15) is 4.79 Å². The first kappa shape index (κ1) is 16.0. The third-order valence-corrected chi connectivity index (χ3v) is 4.16. The van der Waals surface area contributed by atoms with E-state index in [-0.39, 0.29) is 5.56 Å². The molecule has 2 N–H and O–H groups in total. The zero-order valence-corrected chi connectivity index (χ0v) is 13.5. The van der Waals surface area contributed by atoms with Crippen LogP contribution in [-0.2, 0) is 0 Å². The van der Waals surface area contributed by atoms with Crippen LogP contribution in [0.15, 0.2) is 36.7 Å². The number of aromatic nitrogens is 2. The van der Waals surface area contributed by atoms with Crippen LogP contribution >= 0.6 is 0 Å². The van der Waals surface area contributed by atoms with E-state index in [4.69, 9.17) is 9.84 Å². The van der Waals surface area contributed by atoms with Gasteiger partial charge in [-0.05, 0) is 37.1 Å². The molecule has 0 unspecified atom stereocenters. The Bertz CT molecular complexity index is 700. The van der Waals surface area contributed by atoms with E-state index in [0.29, 0.717) is 17.7 Å². The van der Waals surface area contributed by atoms with Crippen molar-refractivity contribution in [3.63, 3.8) is 0 Å². The van der Waals surface area contributed by atoms with E-state index in [1.165, 1.54) is 0 Å². The van der Waals surface area contributed by atoms with Crippen molar-refractivity contribution in [2.45, 2.75) is 18.9 Å². The number of benzene rings is 1. The molecule has 0 spiro atoms. The molecule has 0 aliphatic carbocycles. The third kappa shape index (κ3) is 3.56. The van der Waals surface area contributed by atoms with Crippen molar-refractivity contribution in [1.29, 1.82) is 0 Å². The molecule has 1 fully saturated rings. The van der Waals surface area contributed by atoms with Gasteiger partial charge in [0.2, 0.25) is 5.95 Å². The van der Waals surface area contributed by atoms with Gasteiger partial charge in [-0.15, -0.1) is 0 Å². The molecule has 1 aliphatic rings. The zero-order valence-electron chi connectivity index (χ0n) is 13.5. The fourth-order valence-electron chi connectivity index (χ4n) is 2.89. The smallest absolute Gasteiger partial charge is 0.335 e. The fourth-order valence-corrected chi connectivity index (χ4v) is 2.89. The number of hydrogen-bond acceptors (Lipinski definition) is 6. The van der Waals surface area contributed by atoms with Crippen LogP contribution < -0.4 is 15.0 Å². The number of nitrogens with one attached hydrogen (secondary N) is 1. The molecule has 1 aromatic heterocycles. The maximum Gasteiger partial charge on any atom is 0.335 e. The van der Waals surface area contributed by atoms with Crippen molar-refractivity contribution < 1.29 is 14.6 Å². The second kappa shape index (κ2) is 7.16. The maximum absolute atomic E-state index is 11.1. The average molecular weight is 328 g/mol. The first-order valence-corrected chi connectivity index (χ1v) is 7.87. The summed E-state index contributed by atoms with van der Waals surface area (Å²) in [6.07, 6.45) is 5.34. The monoisotopic (exact) mass is 328 g/mol. The average Bonchev–Trinajstić information content (AvgIpc) is 2.62. The fraction of sp³-hybridized carbons (Fsp3) is 0.353. The Morgan fingerprint density at radius 3 is 2.62 bits per heavy atom. The SMILES string of the molecule is COc1cc(C(=O)O)ccc1N1CCC(Nc2ncccn2)CC1. The molecular weight excluding hydrogens is 308 g/mol. The van der Waals surface area contributed by atoms with Crippen LogP contribution in [0.3, 0.4) is 0 Å². The highest BCUT2D eigenvalue weighted by Gasteiger charge is 2.22.